The fourth-order valence-corrected chi connectivity index (χ4v) is 1.95. The summed E-state index contributed by atoms with van der Waals surface area (Å²) in [5.41, 5.74) is -0.399. The molecular weight excluding hydrogens is 198 g/mol. The monoisotopic (exact) mass is 217 g/mol. The number of hydrogen-bond acceptors (Lipinski definition) is 1. The molecule has 1 aliphatic heterocycles. The molecule has 3 heteroatoms. The van der Waals surface area contributed by atoms with Gasteiger partial charge in [-0.25, -0.2) is 0 Å². The van der Waals surface area contributed by atoms with E-state index >= 15 is 0 Å². The van der Waals surface area contributed by atoms with Crippen molar-refractivity contribution in [2.45, 2.75) is 33.6 Å². The first-order chi connectivity index (χ1) is 6.51. The number of amides is 1. The lowest BCUT2D eigenvalue weighted by Gasteiger charge is -2.27. The Bertz CT molecular complexity index is 215. The van der Waals surface area contributed by atoms with Crippen molar-refractivity contribution in [2.24, 2.45) is 11.3 Å². The highest BCUT2D eigenvalue weighted by Gasteiger charge is 2.34. The Morgan fingerprint density at radius 1 is 1.57 bits per heavy atom. The molecule has 1 fully saturated rings. The molecule has 1 unspecified atom stereocenters. The number of alkyl halides is 1. The van der Waals surface area contributed by atoms with Crippen molar-refractivity contribution in [1.29, 1.82) is 0 Å². The first-order valence-corrected chi connectivity index (χ1v) is 5.90. The molecular formula is C11H20ClNO. The molecule has 0 spiro atoms. The SMILES string of the molecule is CCC1CCN(C(=O)C(C)(C)CCl)C1. The average Bonchev–Trinajstić information content (AvgIpc) is 2.64. The van der Waals surface area contributed by atoms with Crippen LogP contribution in [-0.2, 0) is 4.79 Å². The summed E-state index contributed by atoms with van der Waals surface area (Å²) in [6, 6.07) is 0. The smallest absolute Gasteiger partial charge is 0.229 e. The second kappa shape index (κ2) is 4.52. The number of carbonyl (C=O) groups is 1. The van der Waals surface area contributed by atoms with Gasteiger partial charge in [-0.15, -0.1) is 11.6 Å². The summed E-state index contributed by atoms with van der Waals surface area (Å²) >= 11 is 5.79. The van der Waals surface area contributed by atoms with E-state index in [4.69, 9.17) is 11.6 Å². The lowest BCUT2D eigenvalue weighted by Crippen LogP contribution is -2.40. The van der Waals surface area contributed by atoms with E-state index in [9.17, 15) is 4.79 Å². The maximum atomic E-state index is 12.0. The molecule has 0 radical (unpaired) electrons. The molecule has 2 nitrogen and oxygen atoms in total. The number of hydrogen-bond donors (Lipinski definition) is 0. The fourth-order valence-electron chi connectivity index (χ4n) is 1.84. The van der Waals surface area contributed by atoms with Gasteiger partial charge < -0.3 is 4.90 Å². The van der Waals surface area contributed by atoms with E-state index in [0.717, 1.165) is 19.5 Å². The van der Waals surface area contributed by atoms with Gasteiger partial charge in [0.2, 0.25) is 5.91 Å². The van der Waals surface area contributed by atoms with Crippen LogP contribution in [0.15, 0.2) is 0 Å². The number of likely N-dealkylation sites (tertiary alicyclic amines) is 1. The number of nitrogens with zero attached hydrogens (tertiary/aromatic N) is 1. The number of rotatable bonds is 3. The third-order valence-corrected chi connectivity index (χ3v) is 3.73. The Hall–Kier alpha value is -0.240. The second-order valence-electron chi connectivity index (χ2n) is 4.83. The lowest BCUT2D eigenvalue weighted by molar-refractivity contribution is -0.138. The van der Waals surface area contributed by atoms with Gasteiger partial charge in [0.05, 0.1) is 5.41 Å². The quantitative estimate of drug-likeness (QED) is 0.666. The molecule has 1 atom stereocenters. The third-order valence-electron chi connectivity index (χ3n) is 3.06. The third kappa shape index (κ3) is 2.41. The van der Waals surface area contributed by atoms with Gasteiger partial charge in [0.1, 0.15) is 0 Å². The normalized spacial score (nSPS) is 22.9. The van der Waals surface area contributed by atoms with Crippen molar-refractivity contribution in [2.75, 3.05) is 19.0 Å². The predicted molar refractivity (Wildman–Crippen MR) is 59.5 cm³/mol. The first kappa shape index (κ1) is 11.8. The van der Waals surface area contributed by atoms with E-state index in [-0.39, 0.29) is 5.91 Å². The van der Waals surface area contributed by atoms with Gasteiger partial charge in [-0.3, -0.25) is 4.79 Å². The van der Waals surface area contributed by atoms with Gasteiger partial charge in [-0.05, 0) is 26.2 Å². The summed E-state index contributed by atoms with van der Waals surface area (Å²) in [4.78, 5) is 14.0. The molecule has 1 rings (SSSR count). The molecule has 0 bridgehead atoms. The van der Waals surface area contributed by atoms with Crippen molar-refractivity contribution in [1.82, 2.24) is 4.90 Å². The standard InChI is InChI=1S/C11H20ClNO/c1-4-9-5-6-13(7-9)10(14)11(2,3)8-12/h9H,4-8H2,1-3H3. The molecule has 1 saturated heterocycles. The topological polar surface area (TPSA) is 20.3 Å². The molecule has 14 heavy (non-hydrogen) atoms. The molecule has 1 amide bonds. The van der Waals surface area contributed by atoms with E-state index in [0.29, 0.717) is 11.8 Å². The van der Waals surface area contributed by atoms with E-state index in [1.54, 1.807) is 0 Å². The zero-order valence-corrected chi connectivity index (χ0v) is 10.1. The predicted octanol–water partition coefficient (Wildman–Crippen LogP) is 2.51. The Labute approximate surface area is 91.6 Å². The molecule has 0 N–H and O–H groups in total. The van der Waals surface area contributed by atoms with Crippen LogP contribution >= 0.6 is 11.6 Å². The zero-order chi connectivity index (χ0) is 10.8. The second-order valence-corrected chi connectivity index (χ2v) is 5.10. The zero-order valence-electron chi connectivity index (χ0n) is 9.35. The van der Waals surface area contributed by atoms with Gasteiger partial charge in [0, 0.05) is 19.0 Å². The molecule has 0 saturated carbocycles. The molecule has 1 aliphatic rings. The van der Waals surface area contributed by atoms with Crippen molar-refractivity contribution in [3.63, 3.8) is 0 Å². The summed E-state index contributed by atoms with van der Waals surface area (Å²) in [6.07, 6.45) is 2.33. The summed E-state index contributed by atoms with van der Waals surface area (Å²) in [7, 11) is 0. The Morgan fingerprint density at radius 2 is 2.21 bits per heavy atom. The van der Waals surface area contributed by atoms with Gasteiger partial charge in [0.15, 0.2) is 0 Å². The van der Waals surface area contributed by atoms with E-state index in [1.807, 2.05) is 18.7 Å². The van der Waals surface area contributed by atoms with Gasteiger partial charge in [-0.2, -0.15) is 0 Å². The maximum absolute atomic E-state index is 12.0. The van der Waals surface area contributed by atoms with Crippen LogP contribution in [0.25, 0.3) is 0 Å². The highest BCUT2D eigenvalue weighted by Crippen LogP contribution is 2.26. The largest absolute Gasteiger partial charge is 0.342 e. The lowest BCUT2D eigenvalue weighted by atomic mass is 9.94. The van der Waals surface area contributed by atoms with Crippen LogP contribution in [-0.4, -0.2) is 29.8 Å². The first-order valence-electron chi connectivity index (χ1n) is 5.36. The van der Waals surface area contributed by atoms with E-state index < -0.39 is 5.41 Å². The van der Waals surface area contributed by atoms with Crippen LogP contribution in [0, 0.1) is 11.3 Å². The molecule has 0 aromatic carbocycles. The molecule has 82 valence electrons. The number of halogens is 1. The average molecular weight is 218 g/mol. The van der Waals surface area contributed by atoms with E-state index in [2.05, 4.69) is 6.92 Å². The number of carbonyl (C=O) groups excluding carboxylic acids is 1. The fraction of sp³-hybridized carbons (Fsp3) is 0.909. The molecule has 0 aromatic rings. The Kier molecular flexibility index (Phi) is 3.82. The maximum Gasteiger partial charge on any atom is 0.229 e. The highest BCUT2D eigenvalue weighted by atomic mass is 35.5. The van der Waals surface area contributed by atoms with Crippen molar-refractivity contribution in [3.8, 4) is 0 Å². The molecule has 0 aliphatic carbocycles. The van der Waals surface area contributed by atoms with Gasteiger partial charge in [-0.1, -0.05) is 13.3 Å². The van der Waals surface area contributed by atoms with Crippen molar-refractivity contribution < 1.29 is 4.79 Å². The minimum Gasteiger partial charge on any atom is -0.342 e. The summed E-state index contributed by atoms with van der Waals surface area (Å²) in [5, 5.41) is 0. The van der Waals surface area contributed by atoms with Crippen molar-refractivity contribution >= 4 is 17.5 Å². The van der Waals surface area contributed by atoms with Gasteiger partial charge >= 0.3 is 0 Å². The molecule has 0 aromatic heterocycles. The molecule has 1 heterocycles. The van der Waals surface area contributed by atoms with Crippen LogP contribution < -0.4 is 0 Å². The van der Waals surface area contributed by atoms with Crippen LogP contribution in [0.2, 0.25) is 0 Å². The summed E-state index contributed by atoms with van der Waals surface area (Å²) < 4.78 is 0. The Balaban J connectivity index is 2.55. The summed E-state index contributed by atoms with van der Waals surface area (Å²) in [5.74, 6) is 1.31. The van der Waals surface area contributed by atoms with Crippen LogP contribution in [0.4, 0.5) is 0 Å². The summed E-state index contributed by atoms with van der Waals surface area (Å²) in [6.45, 7) is 7.86. The Morgan fingerprint density at radius 3 is 2.64 bits per heavy atom. The minimum atomic E-state index is -0.399. The van der Waals surface area contributed by atoms with Crippen LogP contribution in [0.5, 0.6) is 0 Å². The highest BCUT2D eigenvalue weighted by molar-refractivity contribution is 6.19. The minimum absolute atomic E-state index is 0.212. The van der Waals surface area contributed by atoms with Crippen molar-refractivity contribution in [3.05, 3.63) is 0 Å². The van der Waals surface area contributed by atoms with Crippen LogP contribution in [0.1, 0.15) is 33.6 Å². The van der Waals surface area contributed by atoms with Crippen LogP contribution in [0.3, 0.4) is 0 Å². The van der Waals surface area contributed by atoms with Gasteiger partial charge in [0.25, 0.3) is 0 Å². The van der Waals surface area contributed by atoms with E-state index in [1.165, 1.54) is 6.42 Å².